The van der Waals surface area contributed by atoms with Gasteiger partial charge in [-0.15, -0.1) is 0 Å². The highest BCUT2D eigenvalue weighted by atomic mass is 16.5. The van der Waals surface area contributed by atoms with Crippen LogP contribution in [0.5, 0.6) is 0 Å². The molecule has 0 aromatic heterocycles. The number of carbonyl (C=O) groups is 1. The molecule has 0 N–H and O–H groups in total. The molecule has 0 spiro atoms. The third kappa shape index (κ3) is 4.01. The summed E-state index contributed by atoms with van der Waals surface area (Å²) in [4.78, 5) is 11.2. The van der Waals surface area contributed by atoms with Gasteiger partial charge in [0.1, 0.15) is 6.10 Å². The molecule has 0 aromatic rings. The summed E-state index contributed by atoms with van der Waals surface area (Å²) >= 11 is 0. The van der Waals surface area contributed by atoms with Gasteiger partial charge >= 0.3 is 5.97 Å². The van der Waals surface area contributed by atoms with Crippen LogP contribution in [0.25, 0.3) is 0 Å². The second kappa shape index (κ2) is 6.21. The van der Waals surface area contributed by atoms with E-state index < -0.39 is 0 Å². The topological polar surface area (TPSA) is 26.3 Å². The molecule has 0 saturated carbocycles. The van der Waals surface area contributed by atoms with Crippen LogP contribution in [0.4, 0.5) is 0 Å². The van der Waals surface area contributed by atoms with Gasteiger partial charge in [-0.3, -0.25) is 4.79 Å². The van der Waals surface area contributed by atoms with Gasteiger partial charge in [0.15, 0.2) is 0 Å². The highest BCUT2D eigenvalue weighted by Gasteiger charge is 2.30. The fourth-order valence-electron chi connectivity index (χ4n) is 2.58. The van der Waals surface area contributed by atoms with Crippen LogP contribution in [0, 0.1) is 11.3 Å². The van der Waals surface area contributed by atoms with Crippen molar-refractivity contribution >= 4 is 5.97 Å². The van der Waals surface area contributed by atoms with E-state index in [-0.39, 0.29) is 12.1 Å². The molecule has 2 nitrogen and oxygen atoms in total. The Morgan fingerprint density at radius 3 is 2.83 bits per heavy atom. The lowest BCUT2D eigenvalue weighted by molar-refractivity contribution is -0.145. The second-order valence-corrected chi connectivity index (χ2v) is 5.89. The van der Waals surface area contributed by atoms with Gasteiger partial charge in [0.2, 0.25) is 0 Å². The monoisotopic (exact) mass is 250 g/mol. The lowest BCUT2D eigenvalue weighted by Crippen LogP contribution is -2.26. The van der Waals surface area contributed by atoms with E-state index in [1.54, 1.807) is 0 Å². The molecule has 2 unspecified atom stereocenters. The summed E-state index contributed by atoms with van der Waals surface area (Å²) in [6.07, 6.45) is 9.23. The molecule has 18 heavy (non-hydrogen) atoms. The lowest BCUT2D eigenvalue weighted by Gasteiger charge is -2.36. The number of allylic oxidation sites excluding steroid dienone is 3. The van der Waals surface area contributed by atoms with Crippen molar-refractivity contribution in [2.45, 2.75) is 60.0 Å². The fraction of sp³-hybridized carbons (Fsp3) is 0.688. The average molecular weight is 250 g/mol. The smallest absolute Gasteiger partial charge is 0.306 e. The molecule has 1 aliphatic carbocycles. The average Bonchev–Trinajstić information content (AvgIpc) is 2.27. The summed E-state index contributed by atoms with van der Waals surface area (Å²) < 4.78 is 5.25. The van der Waals surface area contributed by atoms with Crippen LogP contribution < -0.4 is 0 Å². The minimum atomic E-state index is -0.137. The first-order valence-corrected chi connectivity index (χ1v) is 6.91. The van der Waals surface area contributed by atoms with Crippen LogP contribution >= 0.6 is 0 Å². The van der Waals surface area contributed by atoms with E-state index in [0.29, 0.717) is 17.8 Å². The molecule has 0 amide bonds. The molecular formula is C16H26O2. The Hall–Kier alpha value is -1.05. The van der Waals surface area contributed by atoms with Gasteiger partial charge in [0, 0.05) is 12.3 Å². The number of hydrogen-bond acceptors (Lipinski definition) is 2. The minimum absolute atomic E-state index is 0.136. The fourth-order valence-corrected chi connectivity index (χ4v) is 2.58. The molecule has 0 radical (unpaired) electrons. The predicted molar refractivity (Wildman–Crippen MR) is 75.2 cm³/mol. The van der Waals surface area contributed by atoms with Crippen molar-refractivity contribution in [1.29, 1.82) is 0 Å². The first kappa shape index (κ1) is 15.0. The molecule has 0 bridgehead atoms. The number of esters is 1. The van der Waals surface area contributed by atoms with Gasteiger partial charge in [-0.25, -0.2) is 0 Å². The normalized spacial score (nSPS) is 24.7. The van der Waals surface area contributed by atoms with Gasteiger partial charge in [0.05, 0.1) is 0 Å². The summed E-state index contributed by atoms with van der Waals surface area (Å²) in [6, 6.07) is 0. The number of hydrogen-bond donors (Lipinski definition) is 0. The summed E-state index contributed by atoms with van der Waals surface area (Å²) in [7, 11) is 0. The quantitative estimate of drug-likeness (QED) is 0.550. The maximum atomic E-state index is 11.2. The predicted octanol–water partition coefficient (Wildman–Crippen LogP) is 4.27. The lowest BCUT2D eigenvalue weighted by atomic mass is 9.68. The summed E-state index contributed by atoms with van der Waals surface area (Å²) in [5.41, 5.74) is 1.72. The van der Waals surface area contributed by atoms with Crippen molar-refractivity contribution in [1.82, 2.24) is 0 Å². The van der Waals surface area contributed by atoms with E-state index in [1.165, 1.54) is 18.4 Å². The zero-order valence-corrected chi connectivity index (χ0v) is 12.3. The standard InChI is InChI=1S/C16H26O2/c1-6-15(17)18-13(3)9-10-14-12(2)8-7-11-16(14,4)5/h8-10,13-14H,6-7,11H2,1-5H3. The highest BCUT2D eigenvalue weighted by molar-refractivity contribution is 5.69. The molecule has 0 saturated heterocycles. The van der Waals surface area contributed by atoms with E-state index in [9.17, 15) is 4.79 Å². The Balaban J connectivity index is 2.67. The van der Waals surface area contributed by atoms with Crippen LogP contribution in [-0.4, -0.2) is 12.1 Å². The minimum Gasteiger partial charge on any atom is -0.458 e. The highest BCUT2D eigenvalue weighted by Crippen LogP contribution is 2.41. The maximum absolute atomic E-state index is 11.2. The molecule has 0 heterocycles. The molecule has 2 heteroatoms. The third-order valence-corrected chi connectivity index (χ3v) is 3.77. The molecular weight excluding hydrogens is 224 g/mol. The SMILES string of the molecule is CCC(=O)OC(C)C=CC1C(C)=CCCC1(C)C. The zero-order chi connectivity index (χ0) is 13.8. The van der Waals surface area contributed by atoms with Crippen LogP contribution in [0.3, 0.4) is 0 Å². The molecule has 1 aliphatic rings. The van der Waals surface area contributed by atoms with E-state index in [0.717, 1.165) is 0 Å². The van der Waals surface area contributed by atoms with Gasteiger partial charge in [-0.1, -0.05) is 38.5 Å². The Morgan fingerprint density at radius 1 is 1.61 bits per heavy atom. The number of carbonyl (C=O) groups excluding carboxylic acids is 1. The Kier molecular flexibility index (Phi) is 5.18. The molecule has 2 atom stereocenters. The van der Waals surface area contributed by atoms with Gasteiger partial charge < -0.3 is 4.74 Å². The number of ether oxygens (including phenoxy) is 1. The summed E-state index contributed by atoms with van der Waals surface area (Å²) in [6.45, 7) is 10.5. The van der Waals surface area contributed by atoms with Crippen molar-refractivity contribution in [3.8, 4) is 0 Å². The number of rotatable bonds is 4. The molecule has 1 rings (SSSR count). The largest absolute Gasteiger partial charge is 0.458 e. The Bertz CT molecular complexity index is 350. The Morgan fingerprint density at radius 2 is 2.28 bits per heavy atom. The van der Waals surface area contributed by atoms with Crippen LogP contribution in [-0.2, 0) is 9.53 Å². The van der Waals surface area contributed by atoms with Gasteiger partial charge in [-0.05, 0) is 38.2 Å². The van der Waals surface area contributed by atoms with Gasteiger partial charge in [-0.2, -0.15) is 0 Å². The van der Waals surface area contributed by atoms with Gasteiger partial charge in [0.25, 0.3) is 0 Å². The van der Waals surface area contributed by atoms with Crippen molar-refractivity contribution in [3.05, 3.63) is 23.8 Å². The summed E-state index contributed by atoms with van der Waals surface area (Å²) in [5.74, 6) is 0.316. The second-order valence-electron chi connectivity index (χ2n) is 5.89. The van der Waals surface area contributed by atoms with Crippen LogP contribution in [0.2, 0.25) is 0 Å². The van der Waals surface area contributed by atoms with Crippen molar-refractivity contribution < 1.29 is 9.53 Å². The first-order valence-electron chi connectivity index (χ1n) is 6.91. The van der Waals surface area contributed by atoms with E-state index >= 15 is 0 Å². The van der Waals surface area contributed by atoms with Crippen LogP contribution in [0.1, 0.15) is 53.9 Å². The Labute approximate surface area is 111 Å². The zero-order valence-electron chi connectivity index (χ0n) is 12.3. The first-order chi connectivity index (χ1) is 8.36. The van der Waals surface area contributed by atoms with E-state index in [4.69, 9.17) is 4.74 Å². The van der Waals surface area contributed by atoms with Crippen LogP contribution in [0.15, 0.2) is 23.8 Å². The molecule has 0 aliphatic heterocycles. The van der Waals surface area contributed by atoms with Crippen molar-refractivity contribution in [2.75, 3.05) is 0 Å². The molecule has 0 aromatic carbocycles. The molecule has 102 valence electrons. The molecule has 0 fully saturated rings. The van der Waals surface area contributed by atoms with Crippen molar-refractivity contribution in [3.63, 3.8) is 0 Å². The van der Waals surface area contributed by atoms with E-state index in [2.05, 4.69) is 32.9 Å². The van der Waals surface area contributed by atoms with E-state index in [1.807, 2.05) is 19.9 Å². The third-order valence-electron chi connectivity index (χ3n) is 3.77. The summed E-state index contributed by atoms with van der Waals surface area (Å²) in [5, 5.41) is 0. The van der Waals surface area contributed by atoms with Crippen molar-refractivity contribution in [2.24, 2.45) is 11.3 Å². The maximum Gasteiger partial charge on any atom is 0.306 e.